The van der Waals surface area contributed by atoms with E-state index in [0.717, 1.165) is 16.7 Å². The zero-order valence-corrected chi connectivity index (χ0v) is 18.1. The highest BCUT2D eigenvalue weighted by Gasteiger charge is 2.54. The minimum Gasteiger partial charge on any atom is -0.465 e. The third kappa shape index (κ3) is 3.89. The summed E-state index contributed by atoms with van der Waals surface area (Å²) in [5, 5.41) is 11.1. The van der Waals surface area contributed by atoms with Crippen molar-refractivity contribution in [3.05, 3.63) is 108 Å². The second kappa shape index (κ2) is 8.66. The number of likely N-dealkylation sites (tertiary alicyclic amines) is 1. The molecule has 0 saturated carbocycles. The molecule has 1 aliphatic rings. The molecule has 1 N–H and O–H groups in total. The first-order valence-electron chi connectivity index (χ1n) is 10.8. The van der Waals surface area contributed by atoms with Crippen LogP contribution in [0.15, 0.2) is 91.0 Å². The molecule has 0 bridgehead atoms. The number of esters is 1. The van der Waals surface area contributed by atoms with Crippen LogP contribution in [0.1, 0.15) is 37.0 Å². The molecule has 1 heterocycles. The lowest BCUT2D eigenvalue weighted by atomic mass is 9.75. The maximum atomic E-state index is 13.1. The van der Waals surface area contributed by atoms with Gasteiger partial charge in [-0.15, -0.1) is 0 Å². The predicted molar refractivity (Wildman–Crippen MR) is 122 cm³/mol. The van der Waals surface area contributed by atoms with Crippen LogP contribution in [0.3, 0.4) is 0 Å². The number of hydrogen-bond acceptors (Lipinski definition) is 4. The molecule has 0 spiro atoms. The molecular weight excluding hydrogens is 386 g/mol. The Bertz CT molecular complexity index is 906. The summed E-state index contributed by atoms with van der Waals surface area (Å²) in [5.74, 6) is -0.299. The monoisotopic (exact) mass is 415 g/mol. The number of β-amino-alcohol motifs (C(OH)–C–C–N with tert-alkyl or cyclic N) is 1. The minimum absolute atomic E-state index is 0.299. The van der Waals surface area contributed by atoms with E-state index < -0.39 is 17.2 Å². The third-order valence-corrected chi connectivity index (χ3v) is 6.08. The van der Waals surface area contributed by atoms with Crippen LogP contribution in [-0.2, 0) is 15.1 Å². The molecule has 31 heavy (non-hydrogen) atoms. The van der Waals surface area contributed by atoms with Gasteiger partial charge in [0.25, 0.3) is 0 Å². The van der Waals surface area contributed by atoms with Crippen LogP contribution in [0.2, 0.25) is 0 Å². The largest absolute Gasteiger partial charge is 0.465 e. The number of carbonyl (C=O) groups is 1. The van der Waals surface area contributed by atoms with Crippen LogP contribution in [0.4, 0.5) is 0 Å². The molecule has 1 fully saturated rings. The lowest BCUT2D eigenvalue weighted by Gasteiger charge is -2.46. The van der Waals surface area contributed by atoms with E-state index in [4.69, 9.17) is 4.74 Å². The van der Waals surface area contributed by atoms with Crippen molar-refractivity contribution in [2.75, 3.05) is 13.2 Å². The zero-order valence-electron chi connectivity index (χ0n) is 18.1. The SMILES string of the molecule is CCOC(=O)[C@@H]1CC(C)(O)CN1C(c1ccccc1)(c1ccccc1)c1ccccc1. The normalized spacial score (nSPS) is 21.7. The Balaban J connectivity index is 2.03. The maximum absolute atomic E-state index is 13.1. The van der Waals surface area contributed by atoms with Gasteiger partial charge in [0.1, 0.15) is 6.04 Å². The predicted octanol–water partition coefficient (Wildman–Crippen LogP) is 4.37. The number of hydrogen-bond donors (Lipinski definition) is 1. The Morgan fingerprint density at radius 3 is 1.74 bits per heavy atom. The van der Waals surface area contributed by atoms with Crippen LogP contribution in [0, 0.1) is 0 Å². The average molecular weight is 416 g/mol. The van der Waals surface area contributed by atoms with Gasteiger partial charge in [0.05, 0.1) is 17.7 Å². The van der Waals surface area contributed by atoms with Gasteiger partial charge < -0.3 is 9.84 Å². The van der Waals surface area contributed by atoms with Gasteiger partial charge in [-0.3, -0.25) is 9.69 Å². The Labute approximate surface area is 184 Å². The summed E-state index contributed by atoms with van der Waals surface area (Å²) in [6.45, 7) is 4.26. The summed E-state index contributed by atoms with van der Waals surface area (Å²) < 4.78 is 5.46. The topological polar surface area (TPSA) is 49.8 Å². The molecule has 0 amide bonds. The first-order valence-corrected chi connectivity index (χ1v) is 10.8. The van der Waals surface area contributed by atoms with Crippen LogP contribution in [0.5, 0.6) is 0 Å². The number of benzene rings is 3. The first-order chi connectivity index (χ1) is 15.0. The summed E-state index contributed by atoms with van der Waals surface area (Å²) >= 11 is 0. The molecule has 3 aromatic rings. The smallest absolute Gasteiger partial charge is 0.323 e. The van der Waals surface area contributed by atoms with Gasteiger partial charge in [0, 0.05) is 13.0 Å². The molecule has 1 unspecified atom stereocenters. The molecule has 0 aliphatic carbocycles. The van der Waals surface area contributed by atoms with E-state index in [1.54, 1.807) is 6.92 Å². The van der Waals surface area contributed by atoms with Gasteiger partial charge in [-0.05, 0) is 30.5 Å². The fourth-order valence-corrected chi connectivity index (χ4v) is 4.91. The minimum atomic E-state index is -1.01. The molecule has 0 radical (unpaired) electrons. The maximum Gasteiger partial charge on any atom is 0.323 e. The molecule has 4 nitrogen and oxygen atoms in total. The van der Waals surface area contributed by atoms with E-state index in [2.05, 4.69) is 41.3 Å². The lowest BCUT2D eigenvalue weighted by Crippen LogP contribution is -2.53. The van der Waals surface area contributed by atoms with Gasteiger partial charge in [0.2, 0.25) is 0 Å². The fraction of sp³-hybridized carbons (Fsp3) is 0.296. The Morgan fingerprint density at radius 1 is 0.935 bits per heavy atom. The molecule has 1 saturated heterocycles. The van der Waals surface area contributed by atoms with Crippen molar-refractivity contribution in [3.8, 4) is 0 Å². The van der Waals surface area contributed by atoms with Gasteiger partial charge in [0.15, 0.2) is 0 Å². The molecule has 3 aromatic carbocycles. The van der Waals surface area contributed by atoms with Crippen LogP contribution >= 0.6 is 0 Å². The standard InChI is InChI=1S/C27H29NO3/c1-3-31-25(29)24-19-26(2,30)20-28(24)27(21-13-7-4-8-14-21,22-15-9-5-10-16-22)23-17-11-6-12-18-23/h4-18,24,30H,3,19-20H2,1-2H3/t24-,26?/m0/s1. The van der Waals surface area contributed by atoms with Gasteiger partial charge in [-0.25, -0.2) is 0 Å². The summed E-state index contributed by atoms with van der Waals surface area (Å²) in [4.78, 5) is 15.2. The molecule has 2 atom stereocenters. The van der Waals surface area contributed by atoms with Crippen LogP contribution < -0.4 is 0 Å². The Morgan fingerprint density at radius 2 is 1.35 bits per heavy atom. The van der Waals surface area contributed by atoms with Crippen LogP contribution in [0.25, 0.3) is 0 Å². The van der Waals surface area contributed by atoms with Crippen molar-refractivity contribution in [3.63, 3.8) is 0 Å². The van der Waals surface area contributed by atoms with Crippen LogP contribution in [-0.4, -0.2) is 40.8 Å². The Kier molecular flexibility index (Phi) is 5.94. The molecule has 4 rings (SSSR count). The van der Waals surface area contributed by atoms with Crippen molar-refractivity contribution in [1.29, 1.82) is 0 Å². The second-order valence-electron chi connectivity index (χ2n) is 8.41. The Hall–Kier alpha value is -2.95. The van der Waals surface area contributed by atoms with Crippen molar-refractivity contribution in [1.82, 2.24) is 4.90 Å². The number of carbonyl (C=O) groups excluding carboxylic acids is 1. The zero-order chi connectivity index (χ0) is 21.9. The molecular formula is C27H29NO3. The number of ether oxygens (including phenoxy) is 1. The third-order valence-electron chi connectivity index (χ3n) is 6.08. The quantitative estimate of drug-likeness (QED) is 0.480. The lowest BCUT2D eigenvalue weighted by molar-refractivity contribution is -0.150. The van der Waals surface area contributed by atoms with Crippen molar-refractivity contribution >= 4 is 5.97 Å². The fourth-order valence-electron chi connectivity index (χ4n) is 4.91. The van der Waals surface area contributed by atoms with Crippen molar-refractivity contribution < 1.29 is 14.6 Å². The van der Waals surface area contributed by atoms with E-state index in [-0.39, 0.29) is 5.97 Å². The molecule has 4 heteroatoms. The summed E-state index contributed by atoms with van der Waals surface area (Å²) in [7, 11) is 0. The molecule has 1 aliphatic heterocycles. The highest BCUT2D eigenvalue weighted by molar-refractivity contribution is 5.77. The highest BCUT2D eigenvalue weighted by atomic mass is 16.5. The first kappa shape index (κ1) is 21.3. The second-order valence-corrected chi connectivity index (χ2v) is 8.41. The highest BCUT2D eigenvalue weighted by Crippen LogP contribution is 2.47. The van der Waals surface area contributed by atoms with Gasteiger partial charge in [-0.2, -0.15) is 0 Å². The van der Waals surface area contributed by atoms with E-state index in [1.165, 1.54) is 0 Å². The molecule has 160 valence electrons. The number of nitrogens with zero attached hydrogens (tertiary/aromatic N) is 1. The summed E-state index contributed by atoms with van der Waals surface area (Å²) in [6, 6.07) is 30.1. The van der Waals surface area contributed by atoms with E-state index in [0.29, 0.717) is 19.6 Å². The van der Waals surface area contributed by atoms with E-state index in [9.17, 15) is 9.90 Å². The number of rotatable bonds is 6. The van der Waals surface area contributed by atoms with Crippen molar-refractivity contribution in [2.45, 2.75) is 37.5 Å². The van der Waals surface area contributed by atoms with Gasteiger partial charge in [-0.1, -0.05) is 91.0 Å². The summed E-state index contributed by atoms with van der Waals surface area (Å²) in [5.41, 5.74) is 1.35. The van der Waals surface area contributed by atoms with E-state index >= 15 is 0 Å². The van der Waals surface area contributed by atoms with E-state index in [1.807, 2.05) is 61.5 Å². The summed E-state index contributed by atoms with van der Waals surface area (Å²) in [6.07, 6.45) is 0.320. The van der Waals surface area contributed by atoms with Gasteiger partial charge >= 0.3 is 5.97 Å². The molecule has 0 aromatic heterocycles. The van der Waals surface area contributed by atoms with Crippen molar-refractivity contribution in [2.24, 2.45) is 0 Å². The number of aliphatic hydroxyl groups is 1. The average Bonchev–Trinajstić information content (AvgIpc) is 3.12.